The van der Waals surface area contributed by atoms with E-state index in [2.05, 4.69) is 69.2 Å². The van der Waals surface area contributed by atoms with E-state index in [-0.39, 0.29) is 11.6 Å². The zero-order valence-electron chi connectivity index (χ0n) is 20.2. The Balaban J connectivity index is 1.89. The van der Waals surface area contributed by atoms with Gasteiger partial charge >= 0.3 is 5.69 Å². The molecule has 0 fully saturated rings. The number of nitrogens with zero attached hydrogens (tertiary/aromatic N) is 3. The van der Waals surface area contributed by atoms with Gasteiger partial charge in [0.05, 0.1) is 6.54 Å². The number of fused-ring (bicyclic) bond motifs is 1. The van der Waals surface area contributed by atoms with Crippen LogP contribution in [0.4, 0.5) is 0 Å². The van der Waals surface area contributed by atoms with Gasteiger partial charge in [0, 0.05) is 19.6 Å². The number of aryl methyl sites for hydroxylation is 2. The Kier molecular flexibility index (Phi) is 7.72. The van der Waals surface area contributed by atoms with Gasteiger partial charge in [0.25, 0.3) is 5.56 Å². The number of aromatic nitrogens is 4. The van der Waals surface area contributed by atoms with E-state index < -0.39 is 5.69 Å². The van der Waals surface area contributed by atoms with Crippen molar-refractivity contribution >= 4 is 11.2 Å². The van der Waals surface area contributed by atoms with E-state index in [0.717, 1.165) is 25.1 Å². The first-order valence-electron chi connectivity index (χ1n) is 11.8. The van der Waals surface area contributed by atoms with Crippen molar-refractivity contribution in [3.8, 4) is 0 Å². The Hall–Kier alpha value is -2.67. The fourth-order valence-corrected chi connectivity index (χ4v) is 4.18. The second-order valence-corrected chi connectivity index (χ2v) is 9.10. The maximum absolute atomic E-state index is 12.5. The molecule has 32 heavy (non-hydrogen) atoms. The molecular weight excluding hydrogens is 402 g/mol. The molecule has 2 aromatic heterocycles. The van der Waals surface area contributed by atoms with Crippen molar-refractivity contribution < 1.29 is 0 Å². The van der Waals surface area contributed by atoms with E-state index in [1.54, 1.807) is 9.13 Å². The minimum atomic E-state index is -0.394. The summed E-state index contributed by atoms with van der Waals surface area (Å²) in [4.78, 5) is 32.0. The molecule has 0 radical (unpaired) electrons. The maximum atomic E-state index is 12.5. The SMILES string of the molecule is CCCCn1c(=O)[nH]c(=O)c2c1nc(CNC(c1ccc(C(C)CC)cc1)C(C)C)n2C. The van der Waals surface area contributed by atoms with Crippen LogP contribution >= 0.6 is 0 Å². The molecule has 0 aliphatic heterocycles. The van der Waals surface area contributed by atoms with Crippen molar-refractivity contribution in [2.75, 3.05) is 0 Å². The third kappa shape index (κ3) is 4.88. The molecule has 7 nitrogen and oxygen atoms in total. The van der Waals surface area contributed by atoms with Crippen LogP contribution in [0.3, 0.4) is 0 Å². The molecule has 2 unspecified atom stereocenters. The quantitative estimate of drug-likeness (QED) is 0.495. The number of aromatic amines is 1. The minimum Gasteiger partial charge on any atom is -0.324 e. The minimum absolute atomic E-state index is 0.154. The van der Waals surface area contributed by atoms with Crippen LogP contribution in [0, 0.1) is 5.92 Å². The lowest BCUT2D eigenvalue weighted by Crippen LogP contribution is -2.31. The normalized spacial score (nSPS) is 13.7. The molecule has 2 heterocycles. The van der Waals surface area contributed by atoms with Crippen LogP contribution in [-0.4, -0.2) is 19.1 Å². The highest BCUT2D eigenvalue weighted by atomic mass is 16.2. The molecule has 3 rings (SSSR count). The standard InChI is InChI=1S/C25H37N5O2/c1-7-9-14-30-23-22(24(31)28-25(30)32)29(6)20(27-23)15-26-21(16(3)4)19-12-10-18(11-13-19)17(5)8-2/h10-13,16-17,21,26H,7-9,14-15H2,1-6H3,(H,28,31,32). The highest BCUT2D eigenvalue weighted by Crippen LogP contribution is 2.25. The highest BCUT2D eigenvalue weighted by molar-refractivity contribution is 5.70. The Morgan fingerprint density at radius 1 is 1.06 bits per heavy atom. The fraction of sp³-hybridized carbons (Fsp3) is 0.560. The summed E-state index contributed by atoms with van der Waals surface area (Å²) >= 11 is 0. The lowest BCUT2D eigenvalue weighted by molar-refractivity contribution is 0.403. The summed E-state index contributed by atoms with van der Waals surface area (Å²) in [6, 6.07) is 9.02. The molecule has 2 N–H and O–H groups in total. The summed E-state index contributed by atoms with van der Waals surface area (Å²) in [5.74, 6) is 1.67. The smallest absolute Gasteiger partial charge is 0.324 e. The number of benzene rings is 1. The summed E-state index contributed by atoms with van der Waals surface area (Å²) in [7, 11) is 1.83. The molecule has 0 spiro atoms. The van der Waals surface area contributed by atoms with Crippen LogP contribution in [-0.2, 0) is 20.1 Å². The van der Waals surface area contributed by atoms with E-state index in [1.807, 2.05) is 7.05 Å². The Morgan fingerprint density at radius 2 is 1.72 bits per heavy atom. The lowest BCUT2D eigenvalue weighted by atomic mass is 9.92. The van der Waals surface area contributed by atoms with Gasteiger partial charge in [-0.2, -0.15) is 0 Å². The van der Waals surface area contributed by atoms with Gasteiger partial charge in [-0.3, -0.25) is 14.3 Å². The third-order valence-corrected chi connectivity index (χ3v) is 6.46. The van der Waals surface area contributed by atoms with Gasteiger partial charge in [-0.05, 0) is 35.8 Å². The van der Waals surface area contributed by atoms with Crippen molar-refractivity contribution in [1.82, 2.24) is 24.4 Å². The molecule has 174 valence electrons. The summed E-state index contributed by atoms with van der Waals surface area (Å²) in [6.45, 7) is 12.0. The maximum Gasteiger partial charge on any atom is 0.330 e. The number of rotatable bonds is 10. The van der Waals surface area contributed by atoms with Crippen molar-refractivity contribution in [2.45, 2.75) is 78.9 Å². The summed E-state index contributed by atoms with van der Waals surface area (Å²) < 4.78 is 3.38. The van der Waals surface area contributed by atoms with Gasteiger partial charge in [-0.25, -0.2) is 9.78 Å². The number of unbranched alkanes of at least 4 members (excludes halogenated alkanes) is 1. The molecule has 7 heteroatoms. The van der Waals surface area contributed by atoms with Crippen LogP contribution in [0.2, 0.25) is 0 Å². The van der Waals surface area contributed by atoms with Gasteiger partial charge in [0.15, 0.2) is 11.2 Å². The van der Waals surface area contributed by atoms with E-state index in [1.165, 1.54) is 11.1 Å². The lowest BCUT2D eigenvalue weighted by Gasteiger charge is -2.23. The first-order chi connectivity index (χ1) is 15.3. The third-order valence-electron chi connectivity index (χ3n) is 6.46. The van der Waals surface area contributed by atoms with Gasteiger partial charge in [0.1, 0.15) is 5.82 Å². The second-order valence-electron chi connectivity index (χ2n) is 9.10. The Bertz CT molecular complexity index is 1150. The monoisotopic (exact) mass is 439 g/mol. The molecule has 0 saturated heterocycles. The van der Waals surface area contributed by atoms with Gasteiger partial charge in [-0.1, -0.05) is 65.3 Å². The summed E-state index contributed by atoms with van der Waals surface area (Å²) in [5.41, 5.74) is 2.72. The van der Waals surface area contributed by atoms with Gasteiger partial charge in [-0.15, -0.1) is 0 Å². The number of H-pyrrole nitrogens is 1. The van der Waals surface area contributed by atoms with E-state index in [4.69, 9.17) is 4.98 Å². The first kappa shape index (κ1) is 24.0. The van der Waals surface area contributed by atoms with Crippen molar-refractivity contribution in [2.24, 2.45) is 13.0 Å². The predicted octanol–water partition coefficient (Wildman–Crippen LogP) is 4.22. The zero-order chi connectivity index (χ0) is 23.4. The fourth-order valence-electron chi connectivity index (χ4n) is 4.18. The van der Waals surface area contributed by atoms with E-state index in [9.17, 15) is 9.59 Å². The molecule has 0 aliphatic carbocycles. The van der Waals surface area contributed by atoms with Crippen LogP contribution in [0.25, 0.3) is 11.2 Å². The van der Waals surface area contributed by atoms with Crippen molar-refractivity contribution in [1.29, 1.82) is 0 Å². The number of hydrogen-bond acceptors (Lipinski definition) is 4. The second kappa shape index (κ2) is 10.3. The molecule has 1 aromatic carbocycles. The Morgan fingerprint density at radius 3 is 2.31 bits per heavy atom. The van der Waals surface area contributed by atoms with Crippen LogP contribution in [0.1, 0.15) is 82.8 Å². The predicted molar refractivity (Wildman–Crippen MR) is 130 cm³/mol. The van der Waals surface area contributed by atoms with Crippen LogP contribution in [0.15, 0.2) is 33.9 Å². The number of imidazole rings is 1. The first-order valence-corrected chi connectivity index (χ1v) is 11.8. The van der Waals surface area contributed by atoms with Crippen LogP contribution in [0.5, 0.6) is 0 Å². The zero-order valence-corrected chi connectivity index (χ0v) is 20.2. The molecule has 3 aromatic rings. The van der Waals surface area contributed by atoms with Crippen molar-refractivity contribution in [3.63, 3.8) is 0 Å². The summed E-state index contributed by atoms with van der Waals surface area (Å²) in [5, 5.41) is 3.63. The van der Waals surface area contributed by atoms with Gasteiger partial charge in [0.2, 0.25) is 0 Å². The van der Waals surface area contributed by atoms with E-state index >= 15 is 0 Å². The molecule has 0 amide bonds. The van der Waals surface area contributed by atoms with E-state index in [0.29, 0.717) is 36.1 Å². The number of hydrogen-bond donors (Lipinski definition) is 2. The molecule has 2 atom stereocenters. The average molecular weight is 440 g/mol. The molecule has 0 bridgehead atoms. The molecular formula is C25H37N5O2. The van der Waals surface area contributed by atoms with Gasteiger partial charge < -0.3 is 9.88 Å². The summed E-state index contributed by atoms with van der Waals surface area (Å²) in [6.07, 6.45) is 2.94. The molecule has 0 aliphatic rings. The largest absolute Gasteiger partial charge is 0.330 e. The molecule has 0 saturated carbocycles. The van der Waals surface area contributed by atoms with Crippen LogP contribution < -0.4 is 16.6 Å². The average Bonchev–Trinajstić information content (AvgIpc) is 3.10. The van der Waals surface area contributed by atoms with Crippen molar-refractivity contribution in [3.05, 3.63) is 62.1 Å². The Labute approximate surface area is 189 Å². The number of nitrogens with one attached hydrogen (secondary N) is 2. The highest BCUT2D eigenvalue weighted by Gasteiger charge is 2.20. The topological polar surface area (TPSA) is 84.7 Å².